The maximum Gasteiger partial charge on any atom is 0.331 e. The average molecular weight is 394 g/mol. The van der Waals surface area contributed by atoms with Gasteiger partial charge in [0.1, 0.15) is 6.33 Å². The number of fused-ring (bicyclic) bond motifs is 2. The molecule has 0 radical (unpaired) electrons. The van der Waals surface area contributed by atoms with E-state index >= 15 is 0 Å². The number of rotatable bonds is 2. The van der Waals surface area contributed by atoms with Crippen molar-refractivity contribution in [2.75, 3.05) is 26.2 Å². The molecule has 1 fully saturated rings. The standard InChI is InChI=1S/C20H22N6O3/c27-18-16-17(22-19(28)23-18)26(12-21-16)20(29)25-10-7-13-5-1-2-6-14(13)15(25)11-24-8-3-4-9-24/h1-2,5-6,12,15H,3-4,7-11H2,(H2,22,23,27,28). The van der Waals surface area contributed by atoms with Crippen molar-refractivity contribution in [2.45, 2.75) is 25.3 Å². The van der Waals surface area contributed by atoms with Crippen LogP contribution in [0.25, 0.3) is 11.2 Å². The van der Waals surface area contributed by atoms with E-state index in [0.29, 0.717) is 6.54 Å². The zero-order valence-corrected chi connectivity index (χ0v) is 15.9. The van der Waals surface area contributed by atoms with Crippen molar-refractivity contribution in [3.63, 3.8) is 0 Å². The Morgan fingerprint density at radius 2 is 1.90 bits per heavy atom. The number of carbonyl (C=O) groups excluding carboxylic acids is 1. The van der Waals surface area contributed by atoms with Gasteiger partial charge >= 0.3 is 11.7 Å². The lowest BCUT2D eigenvalue weighted by atomic mass is 9.92. The summed E-state index contributed by atoms with van der Waals surface area (Å²) in [4.78, 5) is 50.1. The molecule has 0 bridgehead atoms. The molecule has 2 aliphatic rings. The number of imidazole rings is 1. The van der Waals surface area contributed by atoms with Crippen LogP contribution in [0.3, 0.4) is 0 Å². The number of H-pyrrole nitrogens is 2. The number of hydrogen-bond donors (Lipinski definition) is 2. The SMILES string of the molecule is O=C(N1CCc2ccccc2C1CN1CCCC1)n1cnc2c(=O)[nH]c(=O)[nH]c21. The van der Waals surface area contributed by atoms with E-state index in [1.54, 1.807) is 0 Å². The lowest BCUT2D eigenvalue weighted by Gasteiger charge is -2.39. The number of carbonyl (C=O) groups is 1. The fraction of sp³-hybridized carbons (Fsp3) is 0.400. The number of likely N-dealkylation sites (tertiary alicyclic amines) is 1. The zero-order valence-electron chi connectivity index (χ0n) is 15.9. The second kappa shape index (κ2) is 7.00. The van der Waals surface area contributed by atoms with E-state index in [4.69, 9.17) is 0 Å². The molecule has 150 valence electrons. The predicted molar refractivity (Wildman–Crippen MR) is 107 cm³/mol. The Kier molecular flexibility index (Phi) is 4.31. The van der Waals surface area contributed by atoms with Gasteiger partial charge in [0, 0.05) is 13.1 Å². The normalized spacial score (nSPS) is 19.6. The smallest absolute Gasteiger partial charge is 0.315 e. The van der Waals surface area contributed by atoms with Gasteiger partial charge in [-0.25, -0.2) is 19.1 Å². The molecule has 9 heteroatoms. The highest BCUT2D eigenvalue weighted by atomic mass is 16.2. The van der Waals surface area contributed by atoms with E-state index in [1.807, 2.05) is 17.0 Å². The molecule has 29 heavy (non-hydrogen) atoms. The third-order valence-corrected chi connectivity index (χ3v) is 5.94. The second-order valence-corrected chi connectivity index (χ2v) is 7.67. The molecule has 9 nitrogen and oxygen atoms in total. The van der Waals surface area contributed by atoms with E-state index in [0.717, 1.165) is 31.6 Å². The van der Waals surface area contributed by atoms with Crippen molar-refractivity contribution in [3.05, 3.63) is 62.6 Å². The van der Waals surface area contributed by atoms with Gasteiger partial charge < -0.3 is 9.80 Å². The highest BCUT2D eigenvalue weighted by molar-refractivity contribution is 5.87. The van der Waals surface area contributed by atoms with Gasteiger partial charge in [0.15, 0.2) is 11.2 Å². The first-order chi connectivity index (χ1) is 14.1. The Hall–Kier alpha value is -3.20. The van der Waals surface area contributed by atoms with Crippen LogP contribution in [0.4, 0.5) is 4.79 Å². The Labute approximate surface area is 166 Å². The van der Waals surface area contributed by atoms with Gasteiger partial charge in [0.05, 0.1) is 6.04 Å². The summed E-state index contributed by atoms with van der Waals surface area (Å²) in [7, 11) is 0. The largest absolute Gasteiger partial charge is 0.331 e. The number of amides is 1. The highest BCUT2D eigenvalue weighted by Gasteiger charge is 2.34. The van der Waals surface area contributed by atoms with Gasteiger partial charge in [-0.1, -0.05) is 24.3 Å². The molecule has 1 amide bonds. The highest BCUT2D eigenvalue weighted by Crippen LogP contribution is 2.32. The molecule has 4 heterocycles. The third-order valence-electron chi connectivity index (χ3n) is 5.94. The first kappa shape index (κ1) is 17.9. The van der Waals surface area contributed by atoms with Crippen LogP contribution in [0, 0.1) is 0 Å². The lowest BCUT2D eigenvalue weighted by molar-refractivity contribution is 0.148. The van der Waals surface area contributed by atoms with Crippen molar-refractivity contribution < 1.29 is 4.79 Å². The summed E-state index contributed by atoms with van der Waals surface area (Å²) in [5, 5.41) is 0. The van der Waals surface area contributed by atoms with Crippen LogP contribution in [0.15, 0.2) is 40.2 Å². The van der Waals surface area contributed by atoms with E-state index in [-0.39, 0.29) is 23.2 Å². The summed E-state index contributed by atoms with van der Waals surface area (Å²) in [6, 6.07) is 7.88. The molecule has 1 saturated heterocycles. The Balaban J connectivity index is 1.55. The molecule has 3 aromatic rings. The van der Waals surface area contributed by atoms with Crippen molar-refractivity contribution >= 4 is 17.2 Å². The summed E-state index contributed by atoms with van der Waals surface area (Å²) < 4.78 is 1.27. The van der Waals surface area contributed by atoms with Gasteiger partial charge in [-0.05, 0) is 43.5 Å². The molecule has 0 aliphatic carbocycles. The minimum absolute atomic E-state index is 0.0476. The third kappa shape index (κ3) is 3.07. The number of nitrogens with one attached hydrogen (secondary N) is 2. The number of hydrogen-bond acceptors (Lipinski definition) is 5. The first-order valence-corrected chi connectivity index (χ1v) is 9.92. The van der Waals surface area contributed by atoms with E-state index in [2.05, 4.69) is 32.0 Å². The summed E-state index contributed by atoms with van der Waals surface area (Å²) in [5.74, 6) is 0. The summed E-state index contributed by atoms with van der Waals surface area (Å²) in [6.07, 6.45) is 4.44. The molecule has 1 aromatic carbocycles. The molecule has 2 N–H and O–H groups in total. The second-order valence-electron chi connectivity index (χ2n) is 7.67. The lowest BCUT2D eigenvalue weighted by Crippen LogP contribution is -2.46. The first-order valence-electron chi connectivity index (χ1n) is 9.92. The Bertz CT molecular complexity index is 1190. The monoisotopic (exact) mass is 394 g/mol. The van der Waals surface area contributed by atoms with Gasteiger partial charge in [0.25, 0.3) is 5.56 Å². The summed E-state index contributed by atoms with van der Waals surface area (Å²) in [6.45, 7) is 3.42. The van der Waals surface area contributed by atoms with Gasteiger partial charge in [-0.15, -0.1) is 0 Å². The fourth-order valence-corrected chi connectivity index (χ4v) is 4.51. The molecule has 0 spiro atoms. The topological polar surface area (TPSA) is 107 Å². The Morgan fingerprint density at radius 1 is 1.10 bits per heavy atom. The number of benzene rings is 1. The number of nitrogens with zero attached hydrogens (tertiary/aromatic N) is 4. The maximum absolute atomic E-state index is 13.5. The minimum atomic E-state index is -0.658. The van der Waals surface area contributed by atoms with E-state index < -0.39 is 11.2 Å². The quantitative estimate of drug-likeness (QED) is 0.676. The Morgan fingerprint density at radius 3 is 2.72 bits per heavy atom. The van der Waals surface area contributed by atoms with Crippen LogP contribution >= 0.6 is 0 Å². The average Bonchev–Trinajstić information content (AvgIpc) is 3.37. The van der Waals surface area contributed by atoms with Crippen molar-refractivity contribution in [1.82, 2.24) is 29.3 Å². The van der Waals surface area contributed by atoms with Gasteiger partial charge in [0.2, 0.25) is 0 Å². The van der Waals surface area contributed by atoms with Gasteiger partial charge in [-0.2, -0.15) is 0 Å². The molecule has 2 aliphatic heterocycles. The molecular formula is C20H22N6O3. The van der Waals surface area contributed by atoms with Crippen molar-refractivity contribution in [3.8, 4) is 0 Å². The van der Waals surface area contributed by atoms with Crippen molar-refractivity contribution in [1.29, 1.82) is 0 Å². The fourth-order valence-electron chi connectivity index (χ4n) is 4.51. The van der Waals surface area contributed by atoms with Crippen LogP contribution in [-0.4, -0.2) is 61.5 Å². The van der Waals surface area contributed by atoms with Crippen molar-refractivity contribution in [2.24, 2.45) is 0 Å². The number of aromatic amines is 2. The summed E-state index contributed by atoms with van der Waals surface area (Å²) >= 11 is 0. The maximum atomic E-state index is 13.5. The van der Waals surface area contributed by atoms with Gasteiger partial charge in [-0.3, -0.25) is 14.8 Å². The minimum Gasteiger partial charge on any atom is -0.315 e. The van der Waals surface area contributed by atoms with E-state index in [9.17, 15) is 14.4 Å². The summed E-state index contributed by atoms with van der Waals surface area (Å²) in [5.41, 5.74) is 1.34. The molecular weight excluding hydrogens is 372 g/mol. The molecule has 1 atom stereocenters. The molecule has 2 aromatic heterocycles. The molecule has 0 saturated carbocycles. The van der Waals surface area contributed by atoms with Crippen LogP contribution in [0.1, 0.15) is 30.0 Å². The molecule has 1 unspecified atom stereocenters. The van der Waals surface area contributed by atoms with Crippen LogP contribution in [-0.2, 0) is 6.42 Å². The molecule has 5 rings (SSSR count). The van der Waals surface area contributed by atoms with E-state index in [1.165, 1.54) is 29.3 Å². The van der Waals surface area contributed by atoms with Crippen LogP contribution < -0.4 is 11.2 Å². The number of aromatic nitrogens is 4. The van der Waals surface area contributed by atoms with Crippen LogP contribution in [0.5, 0.6) is 0 Å². The zero-order chi connectivity index (χ0) is 20.0. The van der Waals surface area contributed by atoms with Crippen LogP contribution in [0.2, 0.25) is 0 Å². The predicted octanol–water partition coefficient (Wildman–Crippen LogP) is 1.08.